The third kappa shape index (κ3) is 4.32. The normalized spacial score (nSPS) is 14.2. The van der Waals surface area contributed by atoms with Gasteiger partial charge in [-0.15, -0.1) is 0 Å². The predicted molar refractivity (Wildman–Crippen MR) is 92.6 cm³/mol. The molecule has 2 aromatic carbocycles. The fourth-order valence-electron chi connectivity index (χ4n) is 2.37. The second-order valence-corrected chi connectivity index (χ2v) is 6.72. The van der Waals surface area contributed by atoms with Crippen molar-refractivity contribution in [2.24, 2.45) is 0 Å². The Hall–Kier alpha value is -1.32. The van der Waals surface area contributed by atoms with Gasteiger partial charge in [-0.05, 0) is 48.2 Å². The summed E-state index contributed by atoms with van der Waals surface area (Å²) in [6.45, 7) is 1.91. The van der Waals surface area contributed by atoms with Crippen molar-refractivity contribution in [3.05, 3.63) is 64.1 Å². The fourth-order valence-corrected chi connectivity index (χ4v) is 2.64. The van der Waals surface area contributed by atoms with E-state index in [1.807, 2.05) is 0 Å². The van der Waals surface area contributed by atoms with Crippen LogP contribution in [0.1, 0.15) is 24.0 Å². The van der Waals surface area contributed by atoms with Crippen molar-refractivity contribution in [3.63, 3.8) is 0 Å². The smallest absolute Gasteiger partial charge is 0.0426 e. The second-order valence-electron chi connectivity index (χ2n) is 5.80. The number of rotatable bonds is 6. The number of hydrogen-bond donors (Lipinski definition) is 1. The number of benzene rings is 2. The van der Waals surface area contributed by atoms with Crippen LogP contribution in [0.2, 0.25) is 0 Å². The van der Waals surface area contributed by atoms with Crippen molar-refractivity contribution in [2.75, 3.05) is 11.9 Å². The van der Waals surface area contributed by atoms with Crippen LogP contribution >= 0.6 is 15.9 Å². The minimum absolute atomic E-state index is 0.768. The molecular formula is C18H21BrN2. The molecule has 2 nitrogen and oxygen atoms in total. The summed E-state index contributed by atoms with van der Waals surface area (Å²) in [4.78, 5) is 2.28. The van der Waals surface area contributed by atoms with Crippen LogP contribution in [0.25, 0.3) is 0 Å². The lowest BCUT2D eigenvalue weighted by molar-refractivity contribution is 0.688. The van der Waals surface area contributed by atoms with Crippen molar-refractivity contribution >= 4 is 21.6 Å². The van der Waals surface area contributed by atoms with Crippen LogP contribution < -0.4 is 10.2 Å². The number of halogens is 1. The van der Waals surface area contributed by atoms with Gasteiger partial charge in [0.2, 0.25) is 0 Å². The molecule has 0 spiro atoms. The molecule has 0 atom stereocenters. The lowest BCUT2D eigenvalue weighted by Crippen LogP contribution is -2.17. The highest BCUT2D eigenvalue weighted by Crippen LogP contribution is 2.21. The van der Waals surface area contributed by atoms with E-state index in [1.165, 1.54) is 29.7 Å². The molecule has 110 valence electrons. The van der Waals surface area contributed by atoms with Crippen LogP contribution in [-0.4, -0.2) is 13.1 Å². The van der Waals surface area contributed by atoms with Gasteiger partial charge in [0.15, 0.2) is 0 Å². The van der Waals surface area contributed by atoms with Gasteiger partial charge in [-0.1, -0.05) is 40.2 Å². The van der Waals surface area contributed by atoms with Gasteiger partial charge < -0.3 is 10.2 Å². The Labute approximate surface area is 135 Å². The van der Waals surface area contributed by atoms with E-state index in [-0.39, 0.29) is 0 Å². The summed E-state index contributed by atoms with van der Waals surface area (Å²) in [6.07, 6.45) is 2.68. The second kappa shape index (κ2) is 6.63. The minimum Gasteiger partial charge on any atom is -0.370 e. The summed E-state index contributed by atoms with van der Waals surface area (Å²) < 4.78 is 1.13. The maximum absolute atomic E-state index is 3.55. The predicted octanol–water partition coefficient (Wildman–Crippen LogP) is 4.34. The van der Waals surface area contributed by atoms with Gasteiger partial charge in [0.1, 0.15) is 0 Å². The van der Waals surface area contributed by atoms with Crippen LogP contribution in [0.4, 0.5) is 5.69 Å². The monoisotopic (exact) mass is 344 g/mol. The minimum atomic E-state index is 0.768. The molecule has 3 heteroatoms. The average Bonchev–Trinajstić information content (AvgIpc) is 3.32. The molecule has 0 heterocycles. The molecule has 1 aliphatic rings. The quantitative estimate of drug-likeness (QED) is 0.838. The summed E-state index contributed by atoms with van der Waals surface area (Å²) in [5.74, 6) is 0. The molecule has 1 N–H and O–H groups in total. The van der Waals surface area contributed by atoms with Gasteiger partial charge >= 0.3 is 0 Å². The van der Waals surface area contributed by atoms with Gasteiger partial charge in [-0.2, -0.15) is 0 Å². The maximum Gasteiger partial charge on any atom is 0.0426 e. The molecule has 1 saturated carbocycles. The van der Waals surface area contributed by atoms with E-state index in [0.29, 0.717) is 0 Å². The first-order valence-electron chi connectivity index (χ1n) is 7.48. The van der Waals surface area contributed by atoms with Crippen molar-refractivity contribution in [3.8, 4) is 0 Å². The third-order valence-electron chi connectivity index (χ3n) is 3.88. The molecule has 0 aliphatic heterocycles. The zero-order valence-electron chi connectivity index (χ0n) is 12.3. The molecule has 0 unspecified atom stereocenters. The van der Waals surface area contributed by atoms with E-state index in [9.17, 15) is 0 Å². The van der Waals surface area contributed by atoms with Gasteiger partial charge in [0.25, 0.3) is 0 Å². The number of nitrogens with zero attached hydrogens (tertiary/aromatic N) is 1. The average molecular weight is 345 g/mol. The Morgan fingerprint density at radius 2 is 1.62 bits per heavy atom. The standard InChI is InChI=1S/C18H21BrN2/c1-21(13-15-2-6-16(19)7-3-15)18-10-4-14(5-11-18)12-20-17-8-9-17/h2-7,10-11,17,20H,8-9,12-13H2,1H3. The van der Waals surface area contributed by atoms with Crippen LogP contribution in [0.15, 0.2) is 53.0 Å². The maximum atomic E-state index is 3.55. The molecule has 0 radical (unpaired) electrons. The Morgan fingerprint density at radius 1 is 1.00 bits per heavy atom. The highest BCUT2D eigenvalue weighted by molar-refractivity contribution is 9.10. The molecule has 2 aromatic rings. The molecule has 1 fully saturated rings. The van der Waals surface area contributed by atoms with Gasteiger partial charge in [-0.3, -0.25) is 0 Å². The van der Waals surface area contributed by atoms with Crippen LogP contribution in [0, 0.1) is 0 Å². The lowest BCUT2D eigenvalue weighted by Gasteiger charge is -2.20. The van der Waals surface area contributed by atoms with Gasteiger partial charge in [0.05, 0.1) is 0 Å². The molecule has 0 bridgehead atoms. The van der Waals surface area contributed by atoms with E-state index in [4.69, 9.17) is 0 Å². The molecule has 3 rings (SSSR count). The van der Waals surface area contributed by atoms with Crippen molar-refractivity contribution < 1.29 is 0 Å². The Morgan fingerprint density at radius 3 is 2.24 bits per heavy atom. The van der Waals surface area contributed by atoms with E-state index >= 15 is 0 Å². The Balaban J connectivity index is 1.58. The van der Waals surface area contributed by atoms with E-state index in [2.05, 4.69) is 81.7 Å². The van der Waals surface area contributed by atoms with E-state index < -0.39 is 0 Å². The molecule has 1 aliphatic carbocycles. The van der Waals surface area contributed by atoms with Crippen molar-refractivity contribution in [1.29, 1.82) is 0 Å². The Bertz CT molecular complexity index is 573. The van der Waals surface area contributed by atoms with Crippen LogP contribution in [-0.2, 0) is 13.1 Å². The molecule has 0 saturated heterocycles. The van der Waals surface area contributed by atoms with Gasteiger partial charge in [-0.25, -0.2) is 0 Å². The first-order chi connectivity index (χ1) is 10.2. The summed E-state index contributed by atoms with van der Waals surface area (Å²) >= 11 is 3.47. The fraction of sp³-hybridized carbons (Fsp3) is 0.333. The molecule has 0 aromatic heterocycles. The largest absolute Gasteiger partial charge is 0.370 e. The first-order valence-corrected chi connectivity index (χ1v) is 8.28. The van der Waals surface area contributed by atoms with E-state index in [1.54, 1.807) is 0 Å². The summed E-state index contributed by atoms with van der Waals surface area (Å²) in [5, 5.41) is 3.55. The summed E-state index contributed by atoms with van der Waals surface area (Å²) in [5.41, 5.74) is 3.94. The first kappa shape index (κ1) is 14.6. The molecular weight excluding hydrogens is 324 g/mol. The topological polar surface area (TPSA) is 15.3 Å². The third-order valence-corrected chi connectivity index (χ3v) is 4.41. The highest BCUT2D eigenvalue weighted by atomic mass is 79.9. The SMILES string of the molecule is CN(Cc1ccc(Br)cc1)c1ccc(CNC2CC2)cc1. The number of anilines is 1. The summed E-state index contributed by atoms with van der Waals surface area (Å²) in [6, 6.07) is 18.1. The van der Waals surface area contributed by atoms with Crippen LogP contribution in [0.5, 0.6) is 0 Å². The van der Waals surface area contributed by atoms with Crippen LogP contribution in [0.3, 0.4) is 0 Å². The van der Waals surface area contributed by atoms with Crippen molar-refractivity contribution in [2.45, 2.75) is 32.0 Å². The van der Waals surface area contributed by atoms with Gasteiger partial charge in [0, 0.05) is 36.3 Å². The number of nitrogens with one attached hydrogen (secondary N) is 1. The zero-order chi connectivity index (χ0) is 14.7. The highest BCUT2D eigenvalue weighted by Gasteiger charge is 2.19. The zero-order valence-corrected chi connectivity index (χ0v) is 13.9. The molecule has 21 heavy (non-hydrogen) atoms. The lowest BCUT2D eigenvalue weighted by atomic mass is 10.1. The van der Waals surface area contributed by atoms with E-state index in [0.717, 1.165) is 23.6 Å². The molecule has 0 amide bonds. The number of hydrogen-bond acceptors (Lipinski definition) is 2. The Kier molecular flexibility index (Phi) is 4.61. The summed E-state index contributed by atoms with van der Waals surface area (Å²) in [7, 11) is 2.14. The van der Waals surface area contributed by atoms with Crippen molar-refractivity contribution in [1.82, 2.24) is 5.32 Å².